The second kappa shape index (κ2) is 7.14. The van der Waals surface area contributed by atoms with Crippen LogP contribution in [0.25, 0.3) is 0 Å². The summed E-state index contributed by atoms with van der Waals surface area (Å²) in [6.07, 6.45) is 0. The summed E-state index contributed by atoms with van der Waals surface area (Å²) >= 11 is 0. The van der Waals surface area contributed by atoms with E-state index in [4.69, 9.17) is 11.0 Å². The van der Waals surface area contributed by atoms with Crippen molar-refractivity contribution in [2.24, 2.45) is 10.7 Å². The Bertz CT molecular complexity index is 936. The van der Waals surface area contributed by atoms with Crippen molar-refractivity contribution in [3.8, 4) is 6.07 Å². The van der Waals surface area contributed by atoms with Gasteiger partial charge in [-0.3, -0.25) is 25.2 Å². The van der Waals surface area contributed by atoms with Crippen LogP contribution in [0.1, 0.15) is 16.7 Å². The number of halogens is 1. The van der Waals surface area contributed by atoms with Crippen molar-refractivity contribution in [2.75, 3.05) is 0 Å². The predicted octanol–water partition coefficient (Wildman–Crippen LogP) is 2.42. The van der Waals surface area contributed by atoms with Gasteiger partial charge in [-0.25, -0.2) is 4.39 Å². The molecule has 10 heteroatoms. The first kappa shape index (κ1) is 17.5. The average molecular weight is 343 g/mol. The second-order valence-corrected chi connectivity index (χ2v) is 4.83. The molecule has 0 aromatic heterocycles. The molecule has 3 rings (SSSR count). The number of rotatable bonds is 2. The molecule has 126 valence electrons. The number of nitriles is 1. The number of hydrogen-bond acceptors (Lipinski definition) is 7. The van der Waals surface area contributed by atoms with E-state index in [1.807, 2.05) is 0 Å². The topological polar surface area (TPSA) is 148 Å². The zero-order chi connectivity index (χ0) is 18.6. The smallest absolute Gasteiger partial charge is 0.270 e. The largest absolute Gasteiger partial charge is 0.383 e. The van der Waals surface area contributed by atoms with Crippen LogP contribution in [0.15, 0.2) is 41.4 Å². The molecule has 0 fully saturated rings. The molecule has 9 nitrogen and oxygen atoms in total. The molecule has 2 aromatic carbocycles. The van der Waals surface area contributed by atoms with Gasteiger partial charge in [0.25, 0.3) is 11.4 Å². The molecular formula is C15H10FN5O4. The van der Waals surface area contributed by atoms with E-state index >= 15 is 0 Å². The summed E-state index contributed by atoms with van der Waals surface area (Å²) in [5.41, 5.74) is 6.63. The van der Waals surface area contributed by atoms with Crippen LogP contribution in [0, 0.1) is 37.4 Å². The summed E-state index contributed by atoms with van der Waals surface area (Å²) in [6.45, 7) is 0.527. The van der Waals surface area contributed by atoms with Crippen LogP contribution in [-0.2, 0) is 6.54 Å². The first-order chi connectivity index (χ1) is 11.8. The third-order valence-electron chi connectivity index (χ3n) is 3.28. The lowest BCUT2D eigenvalue weighted by Gasteiger charge is -1.97. The highest BCUT2D eigenvalue weighted by atomic mass is 19.1. The zero-order valence-electron chi connectivity index (χ0n) is 12.5. The molecule has 0 aliphatic carbocycles. The van der Waals surface area contributed by atoms with Crippen LogP contribution in [0.4, 0.5) is 15.8 Å². The number of benzene rings is 2. The quantitative estimate of drug-likeness (QED) is 0.653. The Morgan fingerprint density at radius 3 is 2.32 bits per heavy atom. The van der Waals surface area contributed by atoms with Crippen molar-refractivity contribution in [3.05, 3.63) is 79.1 Å². The van der Waals surface area contributed by atoms with E-state index in [2.05, 4.69) is 4.99 Å². The SMILES string of the molecule is N#Cc1cc([N+](=O)[O-])ccc1F.NC1=NCc2ccc([N+](=O)[O-])cc21. The molecule has 0 saturated heterocycles. The Labute approximate surface area is 140 Å². The molecule has 1 aliphatic heterocycles. The van der Waals surface area contributed by atoms with Crippen LogP contribution >= 0.6 is 0 Å². The van der Waals surface area contributed by atoms with E-state index in [1.165, 1.54) is 18.2 Å². The number of nitrogens with zero attached hydrogens (tertiary/aromatic N) is 4. The van der Waals surface area contributed by atoms with E-state index in [0.717, 1.165) is 23.8 Å². The number of fused-ring (bicyclic) bond motifs is 1. The molecule has 0 bridgehead atoms. The van der Waals surface area contributed by atoms with E-state index in [-0.39, 0.29) is 16.9 Å². The summed E-state index contributed by atoms with van der Waals surface area (Å²) in [4.78, 5) is 23.4. The molecule has 1 heterocycles. The van der Waals surface area contributed by atoms with Crippen molar-refractivity contribution in [2.45, 2.75) is 6.54 Å². The summed E-state index contributed by atoms with van der Waals surface area (Å²) < 4.78 is 12.6. The van der Waals surface area contributed by atoms with Crippen LogP contribution < -0.4 is 5.73 Å². The van der Waals surface area contributed by atoms with Gasteiger partial charge in [-0.05, 0) is 17.7 Å². The van der Waals surface area contributed by atoms with E-state index in [0.29, 0.717) is 17.9 Å². The fraction of sp³-hybridized carbons (Fsp3) is 0.0667. The van der Waals surface area contributed by atoms with E-state index in [9.17, 15) is 24.6 Å². The van der Waals surface area contributed by atoms with Crippen LogP contribution in [0.5, 0.6) is 0 Å². The molecule has 0 radical (unpaired) electrons. The first-order valence-corrected chi connectivity index (χ1v) is 6.75. The fourth-order valence-electron chi connectivity index (χ4n) is 2.02. The van der Waals surface area contributed by atoms with Crippen molar-refractivity contribution in [1.82, 2.24) is 0 Å². The molecule has 2 aromatic rings. The Kier molecular flexibility index (Phi) is 4.99. The standard InChI is InChI=1S/C8H7N3O2.C7H3FN2O2/c9-8-7-3-6(11(12)13)2-1-5(7)4-10-8;8-7-2-1-6(10(11)12)3-5(7)4-9/h1-3H,4H2,(H2,9,10);1-3H. The van der Waals surface area contributed by atoms with Crippen molar-refractivity contribution < 1.29 is 14.2 Å². The average Bonchev–Trinajstić information content (AvgIpc) is 2.96. The highest BCUT2D eigenvalue weighted by molar-refractivity contribution is 6.01. The van der Waals surface area contributed by atoms with Gasteiger partial charge in [-0.2, -0.15) is 5.26 Å². The lowest BCUT2D eigenvalue weighted by molar-refractivity contribution is -0.385. The maximum atomic E-state index is 12.6. The lowest BCUT2D eigenvalue weighted by atomic mass is 10.1. The molecule has 1 aliphatic rings. The van der Waals surface area contributed by atoms with Gasteiger partial charge in [0, 0.05) is 29.8 Å². The fourth-order valence-corrected chi connectivity index (χ4v) is 2.02. The third-order valence-corrected chi connectivity index (χ3v) is 3.28. The molecule has 25 heavy (non-hydrogen) atoms. The van der Waals surface area contributed by atoms with Gasteiger partial charge in [0.2, 0.25) is 0 Å². The molecule has 0 amide bonds. The molecule has 0 unspecified atom stereocenters. The normalized spacial score (nSPS) is 11.4. The molecule has 0 saturated carbocycles. The minimum absolute atomic E-state index is 0.0544. The number of nitrogens with two attached hydrogens (primary N) is 1. The number of nitro groups is 2. The van der Waals surface area contributed by atoms with Crippen molar-refractivity contribution >= 4 is 17.2 Å². The van der Waals surface area contributed by atoms with E-state index in [1.54, 1.807) is 6.07 Å². The van der Waals surface area contributed by atoms with Crippen molar-refractivity contribution in [1.29, 1.82) is 5.26 Å². The van der Waals surface area contributed by atoms with Gasteiger partial charge in [-0.15, -0.1) is 0 Å². The third kappa shape index (κ3) is 3.91. The maximum absolute atomic E-state index is 12.6. The minimum Gasteiger partial charge on any atom is -0.383 e. The Morgan fingerprint density at radius 1 is 1.12 bits per heavy atom. The number of hydrogen-bond donors (Lipinski definition) is 1. The summed E-state index contributed by atoms with van der Waals surface area (Å²) in [5, 5.41) is 28.9. The minimum atomic E-state index is -0.747. The summed E-state index contributed by atoms with van der Waals surface area (Å²) in [6, 6.07) is 8.93. The van der Waals surface area contributed by atoms with Gasteiger partial charge >= 0.3 is 0 Å². The number of non-ortho nitro benzene ring substituents is 2. The van der Waals surface area contributed by atoms with Gasteiger partial charge < -0.3 is 5.73 Å². The predicted molar refractivity (Wildman–Crippen MR) is 85.3 cm³/mol. The number of aliphatic imine (C=N–C) groups is 1. The number of nitro benzene ring substituents is 2. The van der Waals surface area contributed by atoms with Crippen molar-refractivity contribution in [3.63, 3.8) is 0 Å². The second-order valence-electron chi connectivity index (χ2n) is 4.83. The Morgan fingerprint density at radius 2 is 1.72 bits per heavy atom. The summed E-state index contributed by atoms with van der Waals surface area (Å²) in [5.74, 6) is -0.359. The highest BCUT2D eigenvalue weighted by Gasteiger charge is 2.16. The molecular weight excluding hydrogens is 333 g/mol. The molecule has 2 N–H and O–H groups in total. The maximum Gasteiger partial charge on any atom is 0.270 e. The highest BCUT2D eigenvalue weighted by Crippen LogP contribution is 2.22. The van der Waals surface area contributed by atoms with Gasteiger partial charge in [0.05, 0.1) is 22.0 Å². The number of amidine groups is 1. The zero-order valence-corrected chi connectivity index (χ0v) is 12.5. The van der Waals surface area contributed by atoms with E-state index < -0.39 is 15.7 Å². The van der Waals surface area contributed by atoms with Crippen LogP contribution in [0.3, 0.4) is 0 Å². The summed E-state index contributed by atoms with van der Waals surface area (Å²) in [7, 11) is 0. The van der Waals surface area contributed by atoms with Gasteiger partial charge in [0.15, 0.2) is 0 Å². The van der Waals surface area contributed by atoms with Crippen LogP contribution in [-0.4, -0.2) is 15.7 Å². The Balaban J connectivity index is 0.000000181. The lowest BCUT2D eigenvalue weighted by Crippen LogP contribution is -2.10. The first-order valence-electron chi connectivity index (χ1n) is 6.75. The Hall–Kier alpha value is -3.87. The van der Waals surface area contributed by atoms with Gasteiger partial charge in [0.1, 0.15) is 17.7 Å². The molecule has 0 spiro atoms. The van der Waals surface area contributed by atoms with Crippen LogP contribution in [0.2, 0.25) is 0 Å². The molecule has 0 atom stereocenters. The monoisotopic (exact) mass is 343 g/mol. The van der Waals surface area contributed by atoms with Gasteiger partial charge in [-0.1, -0.05) is 0 Å².